The second-order valence-electron chi connectivity index (χ2n) is 4.84. The molecule has 2 aromatic heterocycles. The van der Waals surface area contributed by atoms with Crippen molar-refractivity contribution < 1.29 is 4.79 Å². The topological polar surface area (TPSA) is 37.6 Å². The van der Waals surface area contributed by atoms with Crippen LogP contribution in [0.3, 0.4) is 0 Å². The quantitative estimate of drug-likeness (QED) is 0.681. The largest absolute Gasteiger partial charge is 0.351 e. The number of anilines is 1. The lowest BCUT2D eigenvalue weighted by molar-refractivity contribution is 0.111. The van der Waals surface area contributed by atoms with Crippen molar-refractivity contribution in [2.45, 2.75) is 13.0 Å². The van der Waals surface area contributed by atoms with E-state index in [1.807, 2.05) is 52.2 Å². The molecule has 0 fully saturated rings. The molecule has 0 saturated heterocycles. The van der Waals surface area contributed by atoms with E-state index in [1.54, 1.807) is 0 Å². The van der Waals surface area contributed by atoms with Gasteiger partial charge in [-0.05, 0) is 24.6 Å². The minimum Gasteiger partial charge on any atom is -0.351 e. The number of benzene rings is 1. The van der Waals surface area contributed by atoms with E-state index in [0.717, 1.165) is 16.8 Å². The van der Waals surface area contributed by atoms with E-state index < -0.39 is 0 Å². The number of hydrogen-bond acceptors (Lipinski definition) is 4. The molecule has 3 aromatic rings. The molecule has 108 valence electrons. The first-order chi connectivity index (χ1) is 10.1. The first kappa shape index (κ1) is 14.1. The number of thiazole rings is 1. The van der Waals surface area contributed by atoms with Gasteiger partial charge in [0.1, 0.15) is 5.69 Å². The number of fused-ring (bicyclic) bond motifs is 1. The zero-order chi connectivity index (χ0) is 15.0. The van der Waals surface area contributed by atoms with Gasteiger partial charge in [-0.25, -0.2) is 4.98 Å². The van der Waals surface area contributed by atoms with Gasteiger partial charge in [-0.3, -0.25) is 9.20 Å². The fourth-order valence-electron chi connectivity index (χ4n) is 2.33. The van der Waals surface area contributed by atoms with Crippen LogP contribution < -0.4 is 4.90 Å². The molecule has 2 heterocycles. The zero-order valence-electron chi connectivity index (χ0n) is 11.7. The fraction of sp³-hybridized carbons (Fsp3) is 0.200. The Kier molecular flexibility index (Phi) is 3.69. The number of imidazole rings is 1. The van der Waals surface area contributed by atoms with Crippen LogP contribution in [0, 0.1) is 0 Å². The molecular formula is C15H14ClN3OS. The number of aromatic nitrogens is 2. The van der Waals surface area contributed by atoms with Gasteiger partial charge in [-0.2, -0.15) is 0 Å². The Morgan fingerprint density at radius 1 is 1.48 bits per heavy atom. The molecule has 1 unspecified atom stereocenters. The van der Waals surface area contributed by atoms with Gasteiger partial charge >= 0.3 is 0 Å². The Labute approximate surface area is 131 Å². The zero-order valence-corrected chi connectivity index (χ0v) is 13.2. The summed E-state index contributed by atoms with van der Waals surface area (Å²) in [6, 6.07) is 7.79. The molecule has 1 aromatic carbocycles. The molecule has 3 rings (SSSR count). The summed E-state index contributed by atoms with van der Waals surface area (Å²) in [6.45, 7) is 2.06. The molecular weight excluding hydrogens is 306 g/mol. The number of aldehydes is 1. The standard InChI is InChI=1S/C15H14ClN3OS/c1-10(11-4-3-5-12(16)8-11)18(2)14-13(9-20)19-6-7-21-15(19)17-14/h3-10H,1-2H3. The fourth-order valence-corrected chi connectivity index (χ4v) is 3.25. The molecule has 0 aliphatic carbocycles. The predicted molar refractivity (Wildman–Crippen MR) is 86.7 cm³/mol. The lowest BCUT2D eigenvalue weighted by Crippen LogP contribution is -2.23. The maximum absolute atomic E-state index is 11.4. The van der Waals surface area contributed by atoms with Crippen molar-refractivity contribution in [3.05, 3.63) is 52.1 Å². The molecule has 1 atom stereocenters. The summed E-state index contributed by atoms with van der Waals surface area (Å²) >= 11 is 7.56. The molecule has 0 radical (unpaired) electrons. The molecule has 4 nitrogen and oxygen atoms in total. The lowest BCUT2D eigenvalue weighted by atomic mass is 10.1. The molecule has 0 aliphatic rings. The normalized spacial score (nSPS) is 12.5. The van der Waals surface area contributed by atoms with Crippen molar-refractivity contribution in [2.24, 2.45) is 0 Å². The maximum atomic E-state index is 11.4. The summed E-state index contributed by atoms with van der Waals surface area (Å²) in [5.74, 6) is 0.685. The third-order valence-corrected chi connectivity index (χ3v) is 4.63. The summed E-state index contributed by atoms with van der Waals surface area (Å²) in [4.78, 5) is 18.8. The molecule has 0 spiro atoms. The molecule has 0 amide bonds. The van der Waals surface area contributed by atoms with Gasteiger partial charge in [0.2, 0.25) is 0 Å². The molecule has 0 bridgehead atoms. The minimum atomic E-state index is 0.0620. The Bertz CT molecular complexity index is 795. The maximum Gasteiger partial charge on any atom is 0.196 e. The number of carbonyl (C=O) groups excluding carboxylic acids is 1. The average Bonchev–Trinajstić information content (AvgIpc) is 3.05. The second-order valence-corrected chi connectivity index (χ2v) is 6.15. The summed E-state index contributed by atoms with van der Waals surface area (Å²) in [5.41, 5.74) is 1.65. The predicted octanol–water partition coefficient (Wildman–Crippen LogP) is 4.06. The van der Waals surface area contributed by atoms with Crippen molar-refractivity contribution in [2.75, 3.05) is 11.9 Å². The van der Waals surface area contributed by atoms with Crippen LogP contribution in [0.5, 0.6) is 0 Å². The minimum absolute atomic E-state index is 0.0620. The molecule has 6 heteroatoms. The van der Waals surface area contributed by atoms with Gasteiger partial charge < -0.3 is 4.90 Å². The van der Waals surface area contributed by atoms with Crippen LogP contribution in [0.4, 0.5) is 5.82 Å². The van der Waals surface area contributed by atoms with Gasteiger partial charge in [0.25, 0.3) is 0 Å². The Morgan fingerprint density at radius 3 is 3.00 bits per heavy atom. The number of rotatable bonds is 4. The number of carbonyl (C=O) groups is 1. The van der Waals surface area contributed by atoms with Gasteiger partial charge in [-0.15, -0.1) is 11.3 Å². The Balaban J connectivity index is 2.01. The first-order valence-electron chi connectivity index (χ1n) is 6.51. The highest BCUT2D eigenvalue weighted by molar-refractivity contribution is 7.15. The molecule has 0 N–H and O–H groups in total. The smallest absolute Gasteiger partial charge is 0.196 e. The Morgan fingerprint density at radius 2 is 2.29 bits per heavy atom. The van der Waals surface area contributed by atoms with E-state index in [1.165, 1.54) is 11.3 Å². The SMILES string of the molecule is CC(c1cccc(Cl)c1)N(C)c1nc2sccn2c1C=O. The summed E-state index contributed by atoms with van der Waals surface area (Å²) in [7, 11) is 1.94. The lowest BCUT2D eigenvalue weighted by Gasteiger charge is -2.25. The third kappa shape index (κ3) is 2.43. The average molecular weight is 320 g/mol. The van der Waals surface area contributed by atoms with Gasteiger partial charge in [-0.1, -0.05) is 23.7 Å². The van der Waals surface area contributed by atoms with E-state index >= 15 is 0 Å². The van der Waals surface area contributed by atoms with E-state index in [0.29, 0.717) is 16.5 Å². The molecule has 0 aliphatic heterocycles. The molecule has 21 heavy (non-hydrogen) atoms. The van der Waals surface area contributed by atoms with Crippen LogP contribution >= 0.6 is 22.9 Å². The van der Waals surface area contributed by atoms with Crippen LogP contribution in [0.25, 0.3) is 4.96 Å². The summed E-state index contributed by atoms with van der Waals surface area (Å²) < 4.78 is 1.81. The van der Waals surface area contributed by atoms with Crippen LogP contribution in [-0.4, -0.2) is 22.7 Å². The van der Waals surface area contributed by atoms with Gasteiger partial charge in [0.05, 0.1) is 6.04 Å². The van der Waals surface area contributed by atoms with Crippen LogP contribution in [0.15, 0.2) is 35.8 Å². The van der Waals surface area contributed by atoms with Crippen molar-refractivity contribution in [1.29, 1.82) is 0 Å². The second kappa shape index (κ2) is 5.50. The van der Waals surface area contributed by atoms with E-state index in [4.69, 9.17) is 11.6 Å². The van der Waals surface area contributed by atoms with Crippen LogP contribution in [0.1, 0.15) is 29.0 Å². The first-order valence-corrected chi connectivity index (χ1v) is 7.76. The van der Waals surface area contributed by atoms with Crippen LogP contribution in [0.2, 0.25) is 5.02 Å². The van der Waals surface area contributed by atoms with Crippen molar-refractivity contribution >= 4 is 40.0 Å². The van der Waals surface area contributed by atoms with E-state index in [2.05, 4.69) is 11.9 Å². The van der Waals surface area contributed by atoms with Crippen molar-refractivity contribution in [3.8, 4) is 0 Å². The van der Waals surface area contributed by atoms with Crippen LogP contribution in [-0.2, 0) is 0 Å². The highest BCUT2D eigenvalue weighted by Gasteiger charge is 2.20. The highest BCUT2D eigenvalue weighted by Crippen LogP contribution is 2.29. The number of nitrogens with zero attached hydrogens (tertiary/aromatic N) is 3. The van der Waals surface area contributed by atoms with Gasteiger partial charge in [0, 0.05) is 23.6 Å². The van der Waals surface area contributed by atoms with Crippen molar-refractivity contribution in [1.82, 2.24) is 9.38 Å². The highest BCUT2D eigenvalue weighted by atomic mass is 35.5. The van der Waals surface area contributed by atoms with Crippen molar-refractivity contribution in [3.63, 3.8) is 0 Å². The Hall–Kier alpha value is -1.85. The van der Waals surface area contributed by atoms with E-state index in [-0.39, 0.29) is 6.04 Å². The summed E-state index contributed by atoms with van der Waals surface area (Å²) in [5, 5.41) is 2.62. The van der Waals surface area contributed by atoms with Gasteiger partial charge in [0.15, 0.2) is 17.1 Å². The monoisotopic (exact) mass is 319 g/mol. The number of hydrogen-bond donors (Lipinski definition) is 0. The van der Waals surface area contributed by atoms with E-state index in [9.17, 15) is 4.79 Å². The number of halogens is 1. The summed E-state index contributed by atoms with van der Waals surface area (Å²) in [6.07, 6.45) is 2.71. The molecule has 0 saturated carbocycles. The third-order valence-electron chi connectivity index (χ3n) is 3.64.